The highest BCUT2D eigenvalue weighted by atomic mass is 35.5. The minimum atomic E-state index is -3.52. The standard InChI is InChI=1S/C19H22ClN3O3S/c20-17-10-4-5-11-18(17)21-22-19(24)13-15-7-6-12-23(14-15)27(25,26)16-8-2-1-3-9-16/h1-5,8-11,15,21H,6-7,12-14H2,(H,22,24). The lowest BCUT2D eigenvalue weighted by Gasteiger charge is -2.31. The molecule has 1 saturated heterocycles. The molecular weight excluding hydrogens is 386 g/mol. The molecular formula is C19H22ClN3O3S. The molecule has 0 spiro atoms. The number of nitrogens with zero attached hydrogens (tertiary/aromatic N) is 1. The van der Waals surface area contributed by atoms with E-state index >= 15 is 0 Å². The Hall–Kier alpha value is -2.09. The molecule has 2 aromatic carbocycles. The Morgan fingerprint density at radius 3 is 2.56 bits per heavy atom. The van der Waals surface area contributed by atoms with Gasteiger partial charge >= 0.3 is 0 Å². The molecule has 2 aromatic rings. The zero-order valence-corrected chi connectivity index (χ0v) is 16.3. The van der Waals surface area contributed by atoms with Gasteiger partial charge in [0.1, 0.15) is 0 Å². The second-order valence-electron chi connectivity index (χ2n) is 6.54. The largest absolute Gasteiger partial charge is 0.297 e. The molecule has 27 heavy (non-hydrogen) atoms. The minimum absolute atomic E-state index is 0.0229. The third-order valence-electron chi connectivity index (χ3n) is 4.55. The summed E-state index contributed by atoms with van der Waals surface area (Å²) in [5.74, 6) is -0.218. The van der Waals surface area contributed by atoms with E-state index in [9.17, 15) is 13.2 Å². The van der Waals surface area contributed by atoms with Crippen LogP contribution in [0.25, 0.3) is 0 Å². The maximum Gasteiger partial charge on any atom is 0.243 e. The number of piperidine rings is 1. The van der Waals surface area contributed by atoms with Gasteiger partial charge in [-0.1, -0.05) is 41.9 Å². The van der Waals surface area contributed by atoms with Gasteiger partial charge in [0.25, 0.3) is 0 Å². The first-order valence-corrected chi connectivity index (χ1v) is 10.6. The van der Waals surface area contributed by atoms with Crippen molar-refractivity contribution in [3.05, 3.63) is 59.6 Å². The van der Waals surface area contributed by atoms with Crippen molar-refractivity contribution < 1.29 is 13.2 Å². The lowest BCUT2D eigenvalue weighted by atomic mass is 9.96. The Kier molecular flexibility index (Phi) is 6.36. The first-order chi connectivity index (χ1) is 13.0. The quantitative estimate of drug-likeness (QED) is 0.720. The third kappa shape index (κ3) is 5.00. The summed E-state index contributed by atoms with van der Waals surface area (Å²) >= 11 is 6.04. The number of sulfonamides is 1. The van der Waals surface area contributed by atoms with Gasteiger partial charge in [0, 0.05) is 19.5 Å². The predicted molar refractivity (Wildman–Crippen MR) is 106 cm³/mol. The van der Waals surface area contributed by atoms with Gasteiger partial charge < -0.3 is 0 Å². The fourth-order valence-corrected chi connectivity index (χ4v) is 4.92. The Balaban J connectivity index is 1.57. The van der Waals surface area contributed by atoms with E-state index in [1.54, 1.807) is 48.5 Å². The van der Waals surface area contributed by atoms with Crippen LogP contribution in [0.2, 0.25) is 5.02 Å². The Morgan fingerprint density at radius 2 is 1.81 bits per heavy atom. The molecule has 0 aliphatic carbocycles. The molecule has 0 bridgehead atoms. The van der Waals surface area contributed by atoms with Crippen molar-refractivity contribution in [2.45, 2.75) is 24.2 Å². The number of hydrazine groups is 1. The van der Waals surface area contributed by atoms with E-state index in [0.717, 1.165) is 12.8 Å². The first-order valence-electron chi connectivity index (χ1n) is 8.81. The van der Waals surface area contributed by atoms with Gasteiger partial charge in [-0.15, -0.1) is 0 Å². The van der Waals surface area contributed by atoms with Crippen LogP contribution in [0.4, 0.5) is 5.69 Å². The molecule has 3 rings (SSSR count). The molecule has 1 atom stereocenters. The average Bonchev–Trinajstić information content (AvgIpc) is 2.68. The average molecular weight is 408 g/mol. The highest BCUT2D eigenvalue weighted by molar-refractivity contribution is 7.89. The number of carbonyl (C=O) groups is 1. The summed E-state index contributed by atoms with van der Waals surface area (Å²) in [6, 6.07) is 15.5. The summed E-state index contributed by atoms with van der Waals surface area (Å²) in [5, 5.41) is 0.510. The van der Waals surface area contributed by atoms with E-state index in [-0.39, 0.29) is 23.1 Å². The Morgan fingerprint density at radius 1 is 1.11 bits per heavy atom. The third-order valence-corrected chi connectivity index (χ3v) is 6.76. The number of anilines is 1. The van der Waals surface area contributed by atoms with E-state index in [2.05, 4.69) is 10.9 Å². The van der Waals surface area contributed by atoms with Crippen molar-refractivity contribution in [1.82, 2.24) is 9.73 Å². The maximum atomic E-state index is 12.8. The van der Waals surface area contributed by atoms with Crippen molar-refractivity contribution in [2.24, 2.45) is 5.92 Å². The normalized spacial score (nSPS) is 18.0. The van der Waals surface area contributed by atoms with E-state index in [1.807, 2.05) is 6.07 Å². The molecule has 1 amide bonds. The van der Waals surface area contributed by atoms with Crippen molar-refractivity contribution in [3.8, 4) is 0 Å². The zero-order chi connectivity index (χ0) is 19.3. The van der Waals surface area contributed by atoms with Crippen LogP contribution in [0.15, 0.2) is 59.5 Å². The zero-order valence-electron chi connectivity index (χ0n) is 14.8. The van der Waals surface area contributed by atoms with Crippen molar-refractivity contribution in [3.63, 3.8) is 0 Å². The van der Waals surface area contributed by atoms with Crippen LogP contribution in [0.5, 0.6) is 0 Å². The molecule has 0 saturated carbocycles. The van der Waals surface area contributed by atoms with Crippen LogP contribution < -0.4 is 10.9 Å². The van der Waals surface area contributed by atoms with E-state index in [4.69, 9.17) is 11.6 Å². The number of halogens is 1. The molecule has 1 aliphatic heterocycles. The molecule has 6 nitrogen and oxygen atoms in total. The summed E-state index contributed by atoms with van der Waals surface area (Å²) in [7, 11) is -3.52. The van der Waals surface area contributed by atoms with Crippen LogP contribution in [0.3, 0.4) is 0 Å². The molecule has 0 aromatic heterocycles. The number of nitrogens with one attached hydrogen (secondary N) is 2. The lowest BCUT2D eigenvalue weighted by molar-refractivity contribution is -0.121. The highest BCUT2D eigenvalue weighted by Crippen LogP contribution is 2.25. The molecule has 8 heteroatoms. The fraction of sp³-hybridized carbons (Fsp3) is 0.316. The van der Waals surface area contributed by atoms with Crippen molar-refractivity contribution in [1.29, 1.82) is 0 Å². The summed E-state index contributed by atoms with van der Waals surface area (Å²) in [5.41, 5.74) is 6.05. The second kappa shape index (κ2) is 8.73. The molecule has 1 fully saturated rings. The van der Waals surface area contributed by atoms with E-state index in [1.165, 1.54) is 4.31 Å². The topological polar surface area (TPSA) is 78.5 Å². The maximum absolute atomic E-state index is 12.8. The lowest BCUT2D eigenvalue weighted by Crippen LogP contribution is -2.41. The van der Waals surface area contributed by atoms with Gasteiger partial charge in [0.2, 0.25) is 15.9 Å². The van der Waals surface area contributed by atoms with Gasteiger partial charge in [0.15, 0.2) is 0 Å². The molecule has 2 N–H and O–H groups in total. The predicted octanol–water partition coefficient (Wildman–Crippen LogP) is 3.27. The monoisotopic (exact) mass is 407 g/mol. The van der Waals surface area contributed by atoms with Gasteiger partial charge in [-0.3, -0.25) is 15.6 Å². The SMILES string of the molecule is O=C(CC1CCCN(S(=O)(=O)c2ccccc2)C1)NNc1ccccc1Cl. The van der Waals surface area contributed by atoms with Gasteiger partial charge in [-0.25, -0.2) is 8.42 Å². The van der Waals surface area contributed by atoms with Crippen molar-refractivity contribution >= 4 is 33.2 Å². The number of hydrogen-bond donors (Lipinski definition) is 2. The number of rotatable bonds is 6. The summed E-state index contributed by atoms with van der Waals surface area (Å²) in [4.78, 5) is 12.5. The summed E-state index contributed by atoms with van der Waals surface area (Å²) in [6.45, 7) is 0.823. The van der Waals surface area contributed by atoms with Crippen LogP contribution in [0, 0.1) is 5.92 Å². The van der Waals surface area contributed by atoms with Gasteiger partial charge in [-0.2, -0.15) is 4.31 Å². The van der Waals surface area contributed by atoms with Crippen molar-refractivity contribution in [2.75, 3.05) is 18.5 Å². The summed E-state index contributed by atoms with van der Waals surface area (Å²) in [6.07, 6.45) is 1.81. The Labute approximate surface area is 164 Å². The van der Waals surface area contributed by atoms with Crippen LogP contribution >= 0.6 is 11.6 Å². The molecule has 1 unspecified atom stereocenters. The Bertz CT molecular complexity index is 890. The number of amides is 1. The smallest absolute Gasteiger partial charge is 0.243 e. The first kappa shape index (κ1) is 19.7. The van der Waals surface area contributed by atoms with E-state index in [0.29, 0.717) is 23.8 Å². The number of para-hydroxylation sites is 1. The van der Waals surface area contributed by atoms with Gasteiger partial charge in [0.05, 0.1) is 15.6 Å². The summed E-state index contributed by atoms with van der Waals surface area (Å²) < 4.78 is 27.0. The highest BCUT2D eigenvalue weighted by Gasteiger charge is 2.31. The second-order valence-corrected chi connectivity index (χ2v) is 8.89. The van der Waals surface area contributed by atoms with Crippen LogP contribution in [-0.2, 0) is 14.8 Å². The van der Waals surface area contributed by atoms with Crippen LogP contribution in [-0.4, -0.2) is 31.7 Å². The van der Waals surface area contributed by atoms with Gasteiger partial charge in [-0.05, 0) is 43.0 Å². The molecule has 1 heterocycles. The fourth-order valence-electron chi connectivity index (χ4n) is 3.17. The van der Waals surface area contributed by atoms with E-state index < -0.39 is 10.0 Å². The molecule has 144 valence electrons. The molecule has 1 aliphatic rings. The number of hydrogen-bond acceptors (Lipinski definition) is 4. The number of carbonyl (C=O) groups excluding carboxylic acids is 1. The van der Waals surface area contributed by atoms with Crippen LogP contribution in [0.1, 0.15) is 19.3 Å². The minimum Gasteiger partial charge on any atom is -0.297 e. The molecule has 0 radical (unpaired) electrons. The number of benzene rings is 2.